The van der Waals surface area contributed by atoms with Crippen LogP contribution < -0.4 is 10.1 Å². The summed E-state index contributed by atoms with van der Waals surface area (Å²) in [4.78, 5) is 0. The van der Waals surface area contributed by atoms with E-state index in [1.807, 2.05) is 37.4 Å². The second kappa shape index (κ2) is 8.08. The number of likely N-dealkylation sites (N-methyl/N-ethyl adjacent to an activating group) is 1. The van der Waals surface area contributed by atoms with Gasteiger partial charge in [0.1, 0.15) is 5.75 Å². The van der Waals surface area contributed by atoms with Gasteiger partial charge in [0.15, 0.2) is 0 Å². The topological polar surface area (TPSA) is 21.3 Å². The molecule has 0 aliphatic rings. The van der Waals surface area contributed by atoms with E-state index in [9.17, 15) is 0 Å². The highest BCUT2D eigenvalue weighted by molar-refractivity contribution is 9.10. The van der Waals surface area contributed by atoms with Crippen LogP contribution in [-0.2, 0) is 0 Å². The summed E-state index contributed by atoms with van der Waals surface area (Å²) in [7, 11) is 1.99. The van der Waals surface area contributed by atoms with Gasteiger partial charge in [-0.15, -0.1) is 0 Å². The summed E-state index contributed by atoms with van der Waals surface area (Å²) in [5, 5.41) is 3.26. The van der Waals surface area contributed by atoms with Crippen LogP contribution in [0.25, 0.3) is 0 Å². The number of nitrogens with one attached hydrogen (secondary N) is 1. The third kappa shape index (κ3) is 4.66. The molecule has 0 aromatic heterocycles. The molecule has 2 aromatic rings. The zero-order valence-electron chi connectivity index (χ0n) is 11.7. The third-order valence-electron chi connectivity index (χ3n) is 3.27. The van der Waals surface area contributed by atoms with E-state index in [1.165, 1.54) is 5.56 Å². The lowest BCUT2D eigenvalue weighted by Crippen LogP contribution is -2.19. The molecule has 0 saturated carbocycles. The summed E-state index contributed by atoms with van der Waals surface area (Å²) in [6.45, 7) is 1.69. The molecule has 0 saturated heterocycles. The fourth-order valence-electron chi connectivity index (χ4n) is 2.20. The molecule has 0 radical (unpaired) electrons. The Labute approximate surface area is 129 Å². The number of hydrogen-bond acceptors (Lipinski definition) is 2. The quantitative estimate of drug-likeness (QED) is 0.818. The monoisotopic (exact) mass is 333 g/mol. The lowest BCUT2D eigenvalue weighted by atomic mass is 9.96. The minimum absolute atomic E-state index is 0.469. The third-order valence-corrected chi connectivity index (χ3v) is 3.80. The van der Waals surface area contributed by atoms with Crippen molar-refractivity contribution in [1.82, 2.24) is 5.32 Å². The zero-order chi connectivity index (χ0) is 14.2. The molecule has 0 heterocycles. The largest absolute Gasteiger partial charge is 0.494 e. The van der Waals surface area contributed by atoms with Gasteiger partial charge in [0, 0.05) is 11.0 Å². The summed E-state index contributed by atoms with van der Waals surface area (Å²) in [5.74, 6) is 1.41. The van der Waals surface area contributed by atoms with E-state index in [4.69, 9.17) is 4.74 Å². The molecule has 0 spiro atoms. The Hall–Kier alpha value is -1.32. The van der Waals surface area contributed by atoms with Crippen molar-refractivity contribution in [3.63, 3.8) is 0 Å². The van der Waals surface area contributed by atoms with Crippen LogP contribution in [0.2, 0.25) is 0 Å². The average Bonchev–Trinajstić information content (AvgIpc) is 2.48. The van der Waals surface area contributed by atoms with Crippen molar-refractivity contribution in [2.45, 2.75) is 12.3 Å². The molecular weight excluding hydrogens is 314 g/mol. The van der Waals surface area contributed by atoms with E-state index in [0.717, 1.165) is 29.8 Å². The molecule has 0 amide bonds. The maximum absolute atomic E-state index is 5.79. The first kappa shape index (κ1) is 15.1. The lowest BCUT2D eigenvalue weighted by molar-refractivity contribution is 0.296. The Kier molecular flexibility index (Phi) is 6.09. The fourth-order valence-corrected chi connectivity index (χ4v) is 2.47. The molecule has 0 fully saturated rings. The van der Waals surface area contributed by atoms with Crippen molar-refractivity contribution in [2.75, 3.05) is 20.2 Å². The Morgan fingerprint density at radius 2 is 1.75 bits per heavy atom. The number of halogens is 1. The highest BCUT2D eigenvalue weighted by Gasteiger charge is 2.10. The molecule has 0 aliphatic heterocycles. The van der Waals surface area contributed by atoms with Gasteiger partial charge in [0.05, 0.1) is 6.61 Å². The van der Waals surface area contributed by atoms with Crippen molar-refractivity contribution in [3.05, 3.63) is 64.6 Å². The summed E-state index contributed by atoms with van der Waals surface area (Å²) >= 11 is 3.48. The molecule has 1 atom stereocenters. The highest BCUT2D eigenvalue weighted by atomic mass is 79.9. The first-order valence-electron chi connectivity index (χ1n) is 6.87. The normalized spacial score (nSPS) is 12.1. The van der Waals surface area contributed by atoms with Gasteiger partial charge >= 0.3 is 0 Å². The van der Waals surface area contributed by atoms with Crippen molar-refractivity contribution < 1.29 is 4.74 Å². The van der Waals surface area contributed by atoms with E-state index in [2.05, 4.69) is 45.5 Å². The van der Waals surface area contributed by atoms with E-state index in [-0.39, 0.29) is 0 Å². The zero-order valence-corrected chi connectivity index (χ0v) is 13.3. The Balaban J connectivity index is 1.90. The predicted octanol–water partition coefficient (Wildman–Crippen LogP) is 4.22. The molecule has 2 aromatic carbocycles. The van der Waals surface area contributed by atoms with E-state index in [1.54, 1.807) is 0 Å². The van der Waals surface area contributed by atoms with Gasteiger partial charge in [-0.2, -0.15) is 0 Å². The molecule has 2 rings (SSSR count). The molecule has 0 aliphatic carbocycles. The predicted molar refractivity (Wildman–Crippen MR) is 87.4 cm³/mol. The van der Waals surface area contributed by atoms with Crippen LogP contribution in [0.3, 0.4) is 0 Å². The van der Waals surface area contributed by atoms with Gasteiger partial charge in [-0.1, -0.05) is 46.3 Å². The second-order valence-corrected chi connectivity index (χ2v) is 5.67. The Morgan fingerprint density at radius 3 is 2.40 bits per heavy atom. The maximum atomic E-state index is 5.79. The lowest BCUT2D eigenvalue weighted by Gasteiger charge is -2.17. The van der Waals surface area contributed by atoms with Crippen molar-refractivity contribution in [2.24, 2.45) is 0 Å². The van der Waals surface area contributed by atoms with Crippen molar-refractivity contribution in [1.29, 1.82) is 0 Å². The Morgan fingerprint density at radius 1 is 1.05 bits per heavy atom. The van der Waals surface area contributed by atoms with Gasteiger partial charge in [0.25, 0.3) is 0 Å². The maximum Gasteiger partial charge on any atom is 0.119 e. The number of benzene rings is 2. The summed E-state index contributed by atoms with van der Waals surface area (Å²) < 4.78 is 6.91. The molecular formula is C17H20BrNO. The van der Waals surface area contributed by atoms with E-state index < -0.39 is 0 Å². The van der Waals surface area contributed by atoms with E-state index >= 15 is 0 Å². The van der Waals surface area contributed by atoms with Crippen LogP contribution in [-0.4, -0.2) is 20.2 Å². The van der Waals surface area contributed by atoms with Gasteiger partial charge in [-0.3, -0.25) is 0 Å². The average molecular weight is 334 g/mol. The molecule has 3 heteroatoms. The highest BCUT2D eigenvalue weighted by Crippen LogP contribution is 2.22. The van der Waals surface area contributed by atoms with Crippen LogP contribution in [0.15, 0.2) is 59.1 Å². The first-order chi connectivity index (χ1) is 9.79. The number of hydrogen-bond donors (Lipinski definition) is 1. The van der Waals surface area contributed by atoms with Gasteiger partial charge in [-0.25, -0.2) is 0 Å². The Bertz CT molecular complexity index is 498. The molecule has 1 unspecified atom stereocenters. The van der Waals surface area contributed by atoms with Crippen molar-refractivity contribution in [3.8, 4) is 5.75 Å². The van der Waals surface area contributed by atoms with E-state index in [0.29, 0.717) is 5.92 Å². The van der Waals surface area contributed by atoms with Crippen LogP contribution in [0.1, 0.15) is 17.9 Å². The minimum atomic E-state index is 0.469. The van der Waals surface area contributed by atoms with Gasteiger partial charge in [-0.05, 0) is 49.2 Å². The number of ether oxygens (including phenoxy) is 1. The summed E-state index contributed by atoms with van der Waals surface area (Å²) in [6.07, 6.45) is 0.997. The first-order valence-corrected chi connectivity index (χ1v) is 7.67. The SMILES string of the molecule is CNCC(CCOc1ccccc1)c1ccc(Br)cc1. The minimum Gasteiger partial charge on any atom is -0.494 e. The fraction of sp³-hybridized carbons (Fsp3) is 0.294. The van der Waals surface area contributed by atoms with Gasteiger partial charge in [0.2, 0.25) is 0 Å². The van der Waals surface area contributed by atoms with Crippen LogP contribution in [0.4, 0.5) is 0 Å². The molecule has 20 heavy (non-hydrogen) atoms. The smallest absolute Gasteiger partial charge is 0.119 e. The second-order valence-electron chi connectivity index (χ2n) is 4.76. The van der Waals surface area contributed by atoms with Crippen LogP contribution in [0.5, 0.6) is 5.75 Å². The van der Waals surface area contributed by atoms with Crippen LogP contribution >= 0.6 is 15.9 Å². The standard InChI is InChI=1S/C17H20BrNO/c1-19-13-15(14-7-9-16(18)10-8-14)11-12-20-17-5-3-2-4-6-17/h2-10,15,19H,11-13H2,1H3. The summed E-state index contributed by atoms with van der Waals surface area (Å²) in [5.41, 5.74) is 1.35. The number of para-hydroxylation sites is 1. The molecule has 1 N–H and O–H groups in total. The van der Waals surface area contributed by atoms with Crippen LogP contribution in [0, 0.1) is 0 Å². The van der Waals surface area contributed by atoms with Gasteiger partial charge < -0.3 is 10.1 Å². The number of rotatable bonds is 7. The molecule has 106 valence electrons. The molecule has 0 bridgehead atoms. The van der Waals surface area contributed by atoms with Crippen molar-refractivity contribution >= 4 is 15.9 Å². The molecule has 2 nitrogen and oxygen atoms in total. The summed E-state index contributed by atoms with van der Waals surface area (Å²) in [6, 6.07) is 18.5.